The first-order valence-electron chi connectivity index (χ1n) is 9.95. The quantitative estimate of drug-likeness (QED) is 0.527. The molecule has 0 fully saturated rings. The topological polar surface area (TPSA) is 67.5 Å². The van der Waals surface area contributed by atoms with Gasteiger partial charge < -0.3 is 13.9 Å². The van der Waals surface area contributed by atoms with Crippen molar-refractivity contribution in [2.45, 2.75) is 19.0 Å². The molecule has 0 N–H and O–H groups in total. The lowest BCUT2D eigenvalue weighted by Gasteiger charge is -2.24. The minimum atomic E-state index is -0.233. The molecule has 3 heterocycles. The van der Waals surface area contributed by atoms with Crippen molar-refractivity contribution in [2.24, 2.45) is 5.10 Å². The van der Waals surface area contributed by atoms with Gasteiger partial charge in [0.25, 0.3) is 5.91 Å². The Bertz CT molecular complexity index is 1050. The first-order valence-corrected chi connectivity index (χ1v) is 10.8. The number of carbonyl (C=O) groups excluding carboxylic acids is 1. The molecule has 3 aromatic rings. The third-order valence-corrected chi connectivity index (χ3v) is 6.10. The van der Waals surface area contributed by atoms with Crippen molar-refractivity contribution in [3.8, 4) is 11.5 Å². The highest BCUT2D eigenvalue weighted by atomic mass is 32.1. The summed E-state index contributed by atoms with van der Waals surface area (Å²) in [6.07, 6.45) is 2.26. The summed E-state index contributed by atoms with van der Waals surface area (Å²) in [6, 6.07) is 13.2. The Kier molecular flexibility index (Phi) is 6.39. The monoisotopic (exact) mass is 439 g/mol. The van der Waals surface area contributed by atoms with E-state index in [0.717, 1.165) is 33.4 Å². The summed E-state index contributed by atoms with van der Waals surface area (Å²) < 4.78 is 16.3. The van der Waals surface area contributed by atoms with Crippen LogP contribution >= 0.6 is 11.3 Å². The highest BCUT2D eigenvalue weighted by Crippen LogP contribution is 2.34. The van der Waals surface area contributed by atoms with Crippen LogP contribution in [-0.2, 0) is 11.3 Å². The molecule has 2 aromatic heterocycles. The van der Waals surface area contributed by atoms with E-state index in [1.54, 1.807) is 36.8 Å². The van der Waals surface area contributed by atoms with Crippen molar-refractivity contribution in [2.75, 3.05) is 27.8 Å². The van der Waals surface area contributed by atoms with Crippen molar-refractivity contribution in [3.05, 3.63) is 70.3 Å². The molecule has 0 spiro atoms. The Morgan fingerprint density at radius 3 is 2.81 bits per heavy atom. The average molecular weight is 440 g/mol. The number of ether oxygens (including phenoxy) is 2. The fraction of sp³-hybridized carbons (Fsp3) is 0.304. The second-order valence-corrected chi connectivity index (χ2v) is 8.30. The highest BCUT2D eigenvalue weighted by Gasteiger charge is 2.35. The van der Waals surface area contributed by atoms with Crippen molar-refractivity contribution in [3.63, 3.8) is 0 Å². The summed E-state index contributed by atoms with van der Waals surface area (Å²) in [7, 11) is 5.15. The van der Waals surface area contributed by atoms with Gasteiger partial charge in [0.1, 0.15) is 23.3 Å². The Morgan fingerprint density at radius 2 is 2.13 bits per heavy atom. The third-order valence-electron chi connectivity index (χ3n) is 5.18. The molecule has 1 atom stereocenters. The van der Waals surface area contributed by atoms with Crippen LogP contribution in [0, 0.1) is 0 Å². The molecule has 7 nitrogen and oxygen atoms in total. The van der Waals surface area contributed by atoms with Crippen molar-refractivity contribution < 1.29 is 18.7 Å². The van der Waals surface area contributed by atoms with Crippen molar-refractivity contribution in [1.29, 1.82) is 0 Å². The maximum Gasteiger partial charge on any atom is 0.257 e. The van der Waals surface area contributed by atoms with Crippen LogP contribution in [-0.4, -0.2) is 49.3 Å². The summed E-state index contributed by atoms with van der Waals surface area (Å²) in [4.78, 5) is 16.2. The third kappa shape index (κ3) is 4.65. The number of hydrogen-bond donors (Lipinski definition) is 0. The zero-order valence-corrected chi connectivity index (χ0v) is 18.6. The van der Waals surface area contributed by atoms with E-state index >= 15 is 0 Å². The summed E-state index contributed by atoms with van der Waals surface area (Å²) in [6.45, 7) is 0.771. The van der Waals surface area contributed by atoms with Gasteiger partial charge in [0, 0.05) is 24.6 Å². The highest BCUT2D eigenvalue weighted by molar-refractivity contribution is 7.12. The first kappa shape index (κ1) is 21.1. The predicted octanol–water partition coefficient (Wildman–Crippen LogP) is 4.17. The molecule has 4 rings (SSSR count). The number of hydrazone groups is 1. The molecule has 1 amide bonds. The molecule has 0 saturated heterocycles. The molecule has 1 aliphatic heterocycles. The normalized spacial score (nSPS) is 15.9. The lowest BCUT2D eigenvalue weighted by Crippen LogP contribution is -2.36. The lowest BCUT2D eigenvalue weighted by molar-refractivity contribution is -0.134. The predicted molar refractivity (Wildman–Crippen MR) is 120 cm³/mol. The van der Waals surface area contributed by atoms with E-state index in [4.69, 9.17) is 13.9 Å². The smallest absolute Gasteiger partial charge is 0.257 e. The van der Waals surface area contributed by atoms with Crippen LogP contribution in [0.25, 0.3) is 0 Å². The maximum atomic E-state index is 13.2. The molecule has 0 radical (unpaired) electrons. The number of carbonyl (C=O) groups is 1. The van der Waals surface area contributed by atoms with Gasteiger partial charge in [-0.05, 0) is 36.7 Å². The molecular formula is C23H25N3O4S. The standard InChI is InChI=1S/C23H25N3O4S/c1-25(14-16-8-9-17(28-2)12-21(16)29-3)15-23(27)26-19(20-6-4-10-30-20)13-18(24-26)22-7-5-11-31-22/h4-12,19H,13-15H2,1-3H3. The second kappa shape index (κ2) is 9.36. The van der Waals surface area contributed by atoms with E-state index in [9.17, 15) is 4.79 Å². The van der Waals surface area contributed by atoms with Gasteiger partial charge in [0.15, 0.2) is 0 Å². The number of benzene rings is 1. The number of amides is 1. The molecule has 162 valence electrons. The molecule has 0 bridgehead atoms. The van der Waals surface area contributed by atoms with Gasteiger partial charge in [-0.2, -0.15) is 5.10 Å². The number of rotatable bonds is 8. The van der Waals surface area contributed by atoms with E-state index in [1.807, 2.05) is 59.8 Å². The molecule has 31 heavy (non-hydrogen) atoms. The number of nitrogens with zero attached hydrogens (tertiary/aromatic N) is 3. The van der Waals surface area contributed by atoms with Crippen LogP contribution < -0.4 is 9.47 Å². The lowest BCUT2D eigenvalue weighted by atomic mass is 10.1. The van der Waals surface area contributed by atoms with Crippen LogP contribution in [0.1, 0.15) is 28.7 Å². The SMILES string of the molecule is COc1ccc(CN(C)CC(=O)N2N=C(c3cccs3)CC2c2ccco2)c(OC)c1. The van der Waals surface area contributed by atoms with Crippen LogP contribution in [0.2, 0.25) is 0 Å². The zero-order valence-electron chi connectivity index (χ0n) is 17.8. The van der Waals surface area contributed by atoms with E-state index in [2.05, 4.69) is 5.10 Å². The fourth-order valence-electron chi connectivity index (χ4n) is 3.67. The summed E-state index contributed by atoms with van der Waals surface area (Å²) in [5.74, 6) is 2.12. The Balaban J connectivity index is 1.49. The zero-order chi connectivity index (χ0) is 21.8. The van der Waals surface area contributed by atoms with Crippen LogP contribution in [0.5, 0.6) is 11.5 Å². The van der Waals surface area contributed by atoms with Gasteiger partial charge in [-0.3, -0.25) is 9.69 Å². The van der Waals surface area contributed by atoms with Gasteiger partial charge in [0.05, 0.1) is 37.6 Å². The molecule has 1 unspecified atom stereocenters. The van der Waals surface area contributed by atoms with Gasteiger partial charge in [-0.15, -0.1) is 11.3 Å². The first-order chi connectivity index (χ1) is 15.1. The minimum absolute atomic E-state index is 0.0806. The van der Waals surface area contributed by atoms with Gasteiger partial charge in [0.2, 0.25) is 0 Å². The summed E-state index contributed by atoms with van der Waals surface area (Å²) in [5.41, 5.74) is 1.88. The van der Waals surface area contributed by atoms with E-state index in [0.29, 0.717) is 13.0 Å². The number of furan rings is 1. The summed E-state index contributed by atoms with van der Waals surface area (Å²) in [5, 5.41) is 8.25. The molecular weight excluding hydrogens is 414 g/mol. The second-order valence-electron chi connectivity index (χ2n) is 7.35. The Hall–Kier alpha value is -3.10. The van der Waals surface area contributed by atoms with Crippen molar-refractivity contribution >= 4 is 23.0 Å². The molecule has 8 heteroatoms. The van der Waals surface area contributed by atoms with Crippen LogP contribution in [0.3, 0.4) is 0 Å². The number of methoxy groups -OCH3 is 2. The van der Waals surface area contributed by atoms with Crippen molar-refractivity contribution in [1.82, 2.24) is 9.91 Å². The van der Waals surface area contributed by atoms with Gasteiger partial charge in [-0.1, -0.05) is 12.1 Å². The number of hydrogen-bond acceptors (Lipinski definition) is 7. The molecule has 0 aliphatic carbocycles. The molecule has 0 saturated carbocycles. The van der Waals surface area contributed by atoms with Crippen LogP contribution in [0.15, 0.2) is 63.6 Å². The minimum Gasteiger partial charge on any atom is -0.497 e. The maximum absolute atomic E-state index is 13.2. The van der Waals surface area contributed by atoms with Gasteiger partial charge in [-0.25, -0.2) is 5.01 Å². The Labute approximate surface area is 185 Å². The fourth-order valence-corrected chi connectivity index (χ4v) is 4.39. The number of likely N-dealkylation sites (N-methyl/N-ethyl adjacent to an activating group) is 1. The molecule has 1 aromatic carbocycles. The van der Waals surface area contributed by atoms with E-state index in [-0.39, 0.29) is 18.5 Å². The molecule has 1 aliphatic rings. The Morgan fingerprint density at radius 1 is 1.26 bits per heavy atom. The van der Waals surface area contributed by atoms with E-state index < -0.39 is 0 Å². The largest absolute Gasteiger partial charge is 0.497 e. The summed E-state index contributed by atoms with van der Waals surface area (Å²) >= 11 is 1.62. The van der Waals surface area contributed by atoms with E-state index in [1.165, 1.54) is 0 Å². The average Bonchev–Trinajstić information content (AvgIpc) is 3.54. The van der Waals surface area contributed by atoms with Crippen LogP contribution in [0.4, 0.5) is 0 Å². The van der Waals surface area contributed by atoms with Gasteiger partial charge >= 0.3 is 0 Å². The number of thiophene rings is 1.